The van der Waals surface area contributed by atoms with Gasteiger partial charge in [-0.1, -0.05) is 0 Å². The van der Waals surface area contributed by atoms with E-state index in [-0.39, 0.29) is 41.5 Å². The zero-order valence-electron chi connectivity index (χ0n) is 32.9. The van der Waals surface area contributed by atoms with Gasteiger partial charge in [0.25, 0.3) is 11.8 Å². The first-order chi connectivity index (χ1) is 28.1. The lowest BCUT2D eigenvalue weighted by atomic mass is 9.87. The fourth-order valence-electron chi connectivity index (χ4n) is 8.09. The topological polar surface area (TPSA) is 189 Å². The second-order valence-corrected chi connectivity index (χ2v) is 15.2. The van der Waals surface area contributed by atoms with Crippen LogP contribution in [0.3, 0.4) is 0 Å². The largest absolute Gasteiger partial charge is 0.496 e. The lowest BCUT2D eigenvalue weighted by Gasteiger charge is -2.33. The standard InChI is InChI=1S/C42H45F3N8O6/c1-22(25-16-26(42(43,44)45)18-27(46)17-25)48-38-32-20-30(35(59-3)21-33(32)49-23(2)50-38)24-11-14-52(15-12-24)37(55)6-4-5-13-47-28-7-8-29-31(19-28)41(58)53(40(29)57)34-9-10-36(54)51-39(34)56/h7-8,16-22,24,34,47H,4-6,9-15,46H2,1-3H3,(H,48,49,50)(H,51,54,56). The van der Waals surface area contributed by atoms with Gasteiger partial charge in [0.2, 0.25) is 17.7 Å². The first-order valence-electron chi connectivity index (χ1n) is 19.6. The molecule has 7 rings (SSSR count). The number of nitrogens with zero attached hydrogens (tertiary/aromatic N) is 4. The highest BCUT2D eigenvalue weighted by atomic mass is 19.4. The quantitative estimate of drug-likeness (QED) is 0.0734. The van der Waals surface area contributed by atoms with Crippen molar-refractivity contribution in [2.24, 2.45) is 0 Å². The minimum absolute atomic E-state index is 0.0100. The summed E-state index contributed by atoms with van der Waals surface area (Å²) in [5.74, 6) is -0.493. The third-order valence-corrected chi connectivity index (χ3v) is 11.2. The van der Waals surface area contributed by atoms with Crippen LogP contribution in [0.2, 0.25) is 0 Å². The summed E-state index contributed by atoms with van der Waals surface area (Å²) in [5, 5.41) is 9.42. The number of nitrogen functional groups attached to an aromatic ring is 1. The van der Waals surface area contributed by atoms with Crippen LogP contribution < -0.4 is 26.4 Å². The normalized spacial score (nSPS) is 17.9. The molecular formula is C42H45F3N8O6. The van der Waals surface area contributed by atoms with Gasteiger partial charge in [-0.3, -0.25) is 34.2 Å². The molecular weight excluding hydrogens is 770 g/mol. The fourth-order valence-corrected chi connectivity index (χ4v) is 8.09. The smallest absolute Gasteiger partial charge is 0.416 e. The molecule has 310 valence electrons. The number of amides is 5. The number of hydrogen-bond donors (Lipinski definition) is 4. The number of halogens is 3. The number of carbonyl (C=O) groups is 5. The summed E-state index contributed by atoms with van der Waals surface area (Å²) in [6.45, 7) is 5.13. The zero-order chi connectivity index (χ0) is 42.2. The Labute approximate surface area is 338 Å². The van der Waals surface area contributed by atoms with Crippen LogP contribution in [0.25, 0.3) is 10.9 Å². The summed E-state index contributed by atoms with van der Waals surface area (Å²) in [4.78, 5) is 75.3. The molecule has 0 spiro atoms. The monoisotopic (exact) mass is 814 g/mol. The number of anilines is 3. The van der Waals surface area contributed by atoms with Crippen LogP contribution in [0.5, 0.6) is 5.75 Å². The number of nitrogens with one attached hydrogen (secondary N) is 3. The van der Waals surface area contributed by atoms with E-state index in [9.17, 15) is 37.1 Å². The lowest BCUT2D eigenvalue weighted by Crippen LogP contribution is -2.54. The number of likely N-dealkylation sites (tertiary alicyclic amines) is 1. The first kappa shape index (κ1) is 40.9. The van der Waals surface area contributed by atoms with E-state index < -0.39 is 47.5 Å². The Kier molecular flexibility index (Phi) is 11.5. The molecule has 2 atom stereocenters. The van der Waals surface area contributed by atoms with Gasteiger partial charge in [-0.15, -0.1) is 0 Å². The molecule has 59 heavy (non-hydrogen) atoms. The third kappa shape index (κ3) is 8.64. The number of benzene rings is 3. The maximum atomic E-state index is 13.5. The van der Waals surface area contributed by atoms with Crippen LogP contribution in [0.15, 0.2) is 48.5 Å². The minimum Gasteiger partial charge on any atom is -0.496 e. The van der Waals surface area contributed by atoms with Crippen LogP contribution in [-0.4, -0.2) is 82.1 Å². The Morgan fingerprint density at radius 3 is 2.44 bits per heavy atom. The Hall–Kier alpha value is -6.26. The number of imide groups is 2. The van der Waals surface area contributed by atoms with E-state index in [1.807, 2.05) is 17.0 Å². The molecule has 17 heteroatoms. The van der Waals surface area contributed by atoms with Crippen molar-refractivity contribution in [1.29, 1.82) is 0 Å². The maximum Gasteiger partial charge on any atom is 0.416 e. The highest BCUT2D eigenvalue weighted by Gasteiger charge is 2.44. The Morgan fingerprint density at radius 2 is 1.73 bits per heavy atom. The van der Waals surface area contributed by atoms with Crippen molar-refractivity contribution in [3.8, 4) is 5.75 Å². The number of aryl methyl sites for hydroxylation is 1. The molecule has 1 aromatic heterocycles. The zero-order valence-corrected chi connectivity index (χ0v) is 32.9. The number of nitrogens with two attached hydrogens (primary N) is 1. The van der Waals surface area contributed by atoms with E-state index >= 15 is 0 Å². The lowest BCUT2D eigenvalue weighted by molar-refractivity contribution is -0.138. The molecule has 3 aliphatic heterocycles. The molecule has 5 N–H and O–H groups in total. The van der Waals surface area contributed by atoms with Crippen LogP contribution in [0.4, 0.5) is 30.4 Å². The van der Waals surface area contributed by atoms with Gasteiger partial charge in [-0.2, -0.15) is 13.2 Å². The molecule has 0 aliphatic carbocycles. The van der Waals surface area contributed by atoms with Crippen molar-refractivity contribution >= 4 is 57.6 Å². The van der Waals surface area contributed by atoms with Gasteiger partial charge in [0.05, 0.1) is 35.4 Å². The number of alkyl halides is 3. The summed E-state index contributed by atoms with van der Waals surface area (Å²) in [6, 6.07) is 10.6. The van der Waals surface area contributed by atoms with E-state index in [0.717, 1.165) is 22.6 Å². The van der Waals surface area contributed by atoms with Gasteiger partial charge in [-0.25, -0.2) is 9.97 Å². The maximum absolute atomic E-state index is 13.5. The third-order valence-electron chi connectivity index (χ3n) is 11.2. The van der Waals surface area contributed by atoms with E-state index in [0.29, 0.717) is 91.3 Å². The fraction of sp³-hybridized carbons (Fsp3) is 0.405. The highest BCUT2D eigenvalue weighted by Crippen LogP contribution is 2.40. The number of hydrogen-bond acceptors (Lipinski definition) is 11. The molecule has 0 bridgehead atoms. The minimum atomic E-state index is -4.54. The SMILES string of the molecule is COc1cc2nc(C)nc(NC(C)c3cc(N)cc(C(F)(F)F)c3)c2cc1C1CCN(C(=O)CCCCNc2ccc3c(c2)C(=O)N(C2CCC(=O)NC2=O)C3=O)CC1. The molecule has 3 aromatic carbocycles. The predicted octanol–water partition coefficient (Wildman–Crippen LogP) is 6.11. The van der Waals surface area contributed by atoms with Crippen molar-refractivity contribution in [2.45, 2.75) is 83.0 Å². The molecule has 4 heterocycles. The molecule has 3 aliphatic rings. The number of methoxy groups -OCH3 is 1. The molecule has 5 amide bonds. The van der Waals surface area contributed by atoms with Gasteiger partial charge < -0.3 is 26.0 Å². The van der Waals surface area contributed by atoms with Crippen molar-refractivity contribution in [1.82, 2.24) is 25.1 Å². The molecule has 2 unspecified atom stereocenters. The molecule has 14 nitrogen and oxygen atoms in total. The summed E-state index contributed by atoms with van der Waals surface area (Å²) >= 11 is 0. The summed E-state index contributed by atoms with van der Waals surface area (Å²) in [5.41, 5.74) is 7.98. The molecule has 0 saturated carbocycles. The summed E-state index contributed by atoms with van der Waals surface area (Å²) in [6.07, 6.45) is -1.33. The average molecular weight is 815 g/mol. The van der Waals surface area contributed by atoms with E-state index in [4.69, 9.17) is 10.5 Å². The second kappa shape index (κ2) is 16.5. The Morgan fingerprint density at radius 1 is 0.983 bits per heavy atom. The second-order valence-electron chi connectivity index (χ2n) is 15.2. The summed E-state index contributed by atoms with van der Waals surface area (Å²) < 4.78 is 46.4. The molecule has 0 radical (unpaired) electrons. The first-order valence-corrected chi connectivity index (χ1v) is 19.6. The van der Waals surface area contributed by atoms with Crippen molar-refractivity contribution in [3.05, 3.63) is 82.2 Å². The number of ether oxygens (including phenoxy) is 1. The summed E-state index contributed by atoms with van der Waals surface area (Å²) in [7, 11) is 1.59. The predicted molar refractivity (Wildman–Crippen MR) is 213 cm³/mol. The highest BCUT2D eigenvalue weighted by molar-refractivity contribution is 6.23. The van der Waals surface area contributed by atoms with Crippen LogP contribution >= 0.6 is 0 Å². The van der Waals surface area contributed by atoms with Crippen molar-refractivity contribution in [3.63, 3.8) is 0 Å². The molecule has 4 aromatic rings. The number of aromatic nitrogens is 2. The number of rotatable bonds is 12. The Balaban J connectivity index is 0.926. The number of piperidine rings is 2. The van der Waals surface area contributed by atoms with Gasteiger partial charge in [0.15, 0.2) is 0 Å². The van der Waals surface area contributed by atoms with Crippen molar-refractivity contribution in [2.75, 3.05) is 43.1 Å². The van der Waals surface area contributed by atoms with Crippen LogP contribution in [-0.2, 0) is 20.6 Å². The van der Waals surface area contributed by atoms with Gasteiger partial charge in [0, 0.05) is 55.3 Å². The number of carbonyl (C=O) groups excluding carboxylic acids is 5. The average Bonchev–Trinajstić information content (AvgIpc) is 3.44. The van der Waals surface area contributed by atoms with Gasteiger partial charge in [0.1, 0.15) is 23.4 Å². The van der Waals surface area contributed by atoms with E-state index in [2.05, 4.69) is 25.9 Å². The van der Waals surface area contributed by atoms with Crippen LogP contribution in [0, 0.1) is 6.92 Å². The molecule has 2 fully saturated rings. The van der Waals surface area contributed by atoms with E-state index in [1.54, 1.807) is 39.2 Å². The van der Waals surface area contributed by atoms with Gasteiger partial charge >= 0.3 is 6.18 Å². The Bertz CT molecular complexity index is 2350. The van der Waals surface area contributed by atoms with Crippen molar-refractivity contribution < 1.29 is 41.9 Å². The number of fused-ring (bicyclic) bond motifs is 2. The number of unbranched alkanes of at least 4 members (excludes halogenated alkanes) is 1. The molecule has 2 saturated heterocycles. The van der Waals surface area contributed by atoms with Crippen LogP contribution in [0.1, 0.15) is 107 Å². The van der Waals surface area contributed by atoms with E-state index in [1.165, 1.54) is 6.07 Å². The van der Waals surface area contributed by atoms with Gasteiger partial charge in [-0.05, 0) is 105 Å².